The number of hydrogen-bond acceptors (Lipinski definition) is 2. The van der Waals surface area contributed by atoms with E-state index in [0.29, 0.717) is 0 Å². The van der Waals surface area contributed by atoms with Crippen LogP contribution in [0.1, 0.15) is 30.0 Å². The Morgan fingerprint density at radius 3 is 2.35 bits per heavy atom. The second-order valence-corrected chi connectivity index (χ2v) is 5.37. The Kier molecular flexibility index (Phi) is 5.19. The van der Waals surface area contributed by atoms with Crippen molar-refractivity contribution in [1.29, 1.82) is 0 Å². The molecule has 2 aromatic rings. The highest BCUT2D eigenvalue weighted by Gasteiger charge is 2.07. The maximum absolute atomic E-state index is 6.23. The third kappa shape index (κ3) is 3.84. The van der Waals surface area contributed by atoms with E-state index in [1.54, 1.807) is 0 Å². The minimum absolute atomic E-state index is 0.140. The monoisotopic (exact) mass is 268 g/mol. The van der Waals surface area contributed by atoms with Gasteiger partial charge in [-0.25, -0.2) is 0 Å². The first-order valence-corrected chi connectivity index (χ1v) is 7.26. The van der Waals surface area contributed by atoms with Crippen LogP contribution in [0.3, 0.4) is 0 Å². The molecule has 2 rings (SSSR count). The van der Waals surface area contributed by atoms with Gasteiger partial charge in [0.2, 0.25) is 0 Å². The van der Waals surface area contributed by atoms with Crippen LogP contribution in [0.4, 0.5) is 5.69 Å². The Morgan fingerprint density at radius 2 is 1.65 bits per heavy atom. The molecule has 0 aliphatic rings. The van der Waals surface area contributed by atoms with Crippen molar-refractivity contribution in [1.82, 2.24) is 0 Å². The van der Waals surface area contributed by atoms with Crippen LogP contribution < -0.4 is 10.6 Å². The molecule has 0 bridgehead atoms. The van der Waals surface area contributed by atoms with Crippen molar-refractivity contribution >= 4 is 5.69 Å². The summed E-state index contributed by atoms with van der Waals surface area (Å²) < 4.78 is 0. The third-order valence-electron chi connectivity index (χ3n) is 3.76. The highest BCUT2D eigenvalue weighted by molar-refractivity contribution is 5.52. The summed E-state index contributed by atoms with van der Waals surface area (Å²) in [6.45, 7) is 3.19. The lowest BCUT2D eigenvalue weighted by Gasteiger charge is -2.22. The molecule has 2 aromatic carbocycles. The minimum atomic E-state index is 0.140. The lowest BCUT2D eigenvalue weighted by molar-refractivity contribution is 0.609. The highest BCUT2D eigenvalue weighted by Crippen LogP contribution is 2.20. The standard InChI is InChI=1S/C18H24N2/c1-15-9-6-7-13-18(15)20(2)14-8-12-17(19)16-10-4-3-5-11-16/h3-7,9-11,13,17H,8,12,14,19H2,1-2H3. The van der Waals surface area contributed by atoms with E-state index in [1.165, 1.54) is 16.8 Å². The molecule has 106 valence electrons. The summed E-state index contributed by atoms with van der Waals surface area (Å²) in [6.07, 6.45) is 2.11. The fraction of sp³-hybridized carbons (Fsp3) is 0.333. The van der Waals surface area contributed by atoms with Crippen molar-refractivity contribution in [2.75, 3.05) is 18.5 Å². The molecule has 0 radical (unpaired) electrons. The van der Waals surface area contributed by atoms with Gasteiger partial charge in [-0.15, -0.1) is 0 Å². The van der Waals surface area contributed by atoms with E-state index < -0.39 is 0 Å². The molecule has 0 aromatic heterocycles. The van der Waals surface area contributed by atoms with Gasteiger partial charge in [-0.05, 0) is 37.0 Å². The highest BCUT2D eigenvalue weighted by atomic mass is 15.1. The molecule has 1 unspecified atom stereocenters. The van der Waals surface area contributed by atoms with Gasteiger partial charge in [-0.1, -0.05) is 48.5 Å². The second-order valence-electron chi connectivity index (χ2n) is 5.37. The van der Waals surface area contributed by atoms with Crippen LogP contribution in [0, 0.1) is 6.92 Å². The molecule has 2 heteroatoms. The fourth-order valence-electron chi connectivity index (χ4n) is 2.53. The van der Waals surface area contributed by atoms with Crippen LogP contribution in [-0.4, -0.2) is 13.6 Å². The summed E-state index contributed by atoms with van der Waals surface area (Å²) in [5, 5.41) is 0. The number of nitrogens with two attached hydrogens (primary N) is 1. The number of hydrogen-bond donors (Lipinski definition) is 1. The molecule has 0 saturated carbocycles. The summed E-state index contributed by atoms with van der Waals surface area (Å²) in [4.78, 5) is 2.31. The van der Waals surface area contributed by atoms with Gasteiger partial charge in [0, 0.05) is 25.3 Å². The van der Waals surface area contributed by atoms with Crippen molar-refractivity contribution in [2.24, 2.45) is 5.73 Å². The predicted octanol–water partition coefficient (Wildman–Crippen LogP) is 3.91. The Hall–Kier alpha value is -1.80. The molecule has 2 nitrogen and oxygen atoms in total. The van der Waals surface area contributed by atoms with Crippen LogP contribution in [-0.2, 0) is 0 Å². The lowest BCUT2D eigenvalue weighted by atomic mass is 10.0. The molecule has 2 N–H and O–H groups in total. The zero-order valence-electron chi connectivity index (χ0n) is 12.4. The normalized spacial score (nSPS) is 12.2. The van der Waals surface area contributed by atoms with Gasteiger partial charge in [0.1, 0.15) is 0 Å². The van der Waals surface area contributed by atoms with Gasteiger partial charge in [0.15, 0.2) is 0 Å². The first kappa shape index (κ1) is 14.6. The smallest absolute Gasteiger partial charge is 0.0393 e. The Bertz CT molecular complexity index is 522. The summed E-state index contributed by atoms with van der Waals surface area (Å²) in [7, 11) is 2.15. The number of para-hydroxylation sites is 1. The van der Waals surface area contributed by atoms with Crippen LogP contribution >= 0.6 is 0 Å². The van der Waals surface area contributed by atoms with Gasteiger partial charge >= 0.3 is 0 Å². The van der Waals surface area contributed by atoms with Crippen molar-refractivity contribution < 1.29 is 0 Å². The van der Waals surface area contributed by atoms with E-state index >= 15 is 0 Å². The van der Waals surface area contributed by atoms with E-state index in [-0.39, 0.29) is 6.04 Å². The third-order valence-corrected chi connectivity index (χ3v) is 3.76. The topological polar surface area (TPSA) is 29.3 Å². The maximum atomic E-state index is 6.23. The fourth-order valence-corrected chi connectivity index (χ4v) is 2.53. The van der Waals surface area contributed by atoms with Crippen molar-refractivity contribution in [3.63, 3.8) is 0 Å². The lowest BCUT2D eigenvalue weighted by Crippen LogP contribution is -2.21. The maximum Gasteiger partial charge on any atom is 0.0393 e. The van der Waals surface area contributed by atoms with E-state index in [2.05, 4.69) is 67.4 Å². The van der Waals surface area contributed by atoms with E-state index in [4.69, 9.17) is 5.73 Å². The predicted molar refractivity (Wildman–Crippen MR) is 87.1 cm³/mol. The largest absolute Gasteiger partial charge is 0.374 e. The van der Waals surface area contributed by atoms with Crippen molar-refractivity contribution in [2.45, 2.75) is 25.8 Å². The van der Waals surface area contributed by atoms with E-state index in [1.807, 2.05) is 6.07 Å². The zero-order chi connectivity index (χ0) is 14.4. The van der Waals surface area contributed by atoms with Crippen molar-refractivity contribution in [3.8, 4) is 0 Å². The Morgan fingerprint density at radius 1 is 1.00 bits per heavy atom. The number of anilines is 1. The average molecular weight is 268 g/mol. The first-order valence-electron chi connectivity index (χ1n) is 7.26. The second kappa shape index (κ2) is 7.11. The van der Waals surface area contributed by atoms with Crippen LogP contribution in [0.15, 0.2) is 54.6 Å². The van der Waals surface area contributed by atoms with E-state index in [9.17, 15) is 0 Å². The molecule has 0 heterocycles. The summed E-state index contributed by atoms with van der Waals surface area (Å²) in [5.41, 5.74) is 10.1. The van der Waals surface area contributed by atoms with Gasteiger partial charge in [0.25, 0.3) is 0 Å². The summed E-state index contributed by atoms with van der Waals surface area (Å²) in [5.74, 6) is 0. The van der Waals surface area contributed by atoms with Gasteiger partial charge < -0.3 is 10.6 Å². The van der Waals surface area contributed by atoms with Crippen LogP contribution in [0.25, 0.3) is 0 Å². The molecule has 0 aliphatic heterocycles. The minimum Gasteiger partial charge on any atom is -0.374 e. The SMILES string of the molecule is Cc1ccccc1N(C)CCCC(N)c1ccccc1. The first-order chi connectivity index (χ1) is 9.68. The average Bonchev–Trinajstić information content (AvgIpc) is 2.48. The zero-order valence-corrected chi connectivity index (χ0v) is 12.4. The molecule has 0 saturated heterocycles. The molecule has 0 aliphatic carbocycles. The van der Waals surface area contributed by atoms with Gasteiger partial charge in [-0.2, -0.15) is 0 Å². The number of benzene rings is 2. The molecule has 1 atom stereocenters. The Labute approximate surface area is 122 Å². The molecule has 0 fully saturated rings. The van der Waals surface area contributed by atoms with Crippen molar-refractivity contribution in [3.05, 3.63) is 65.7 Å². The molecular formula is C18H24N2. The molecular weight excluding hydrogens is 244 g/mol. The number of aryl methyl sites for hydroxylation is 1. The summed E-state index contributed by atoms with van der Waals surface area (Å²) in [6, 6.07) is 19.0. The van der Waals surface area contributed by atoms with Crippen LogP contribution in [0.2, 0.25) is 0 Å². The van der Waals surface area contributed by atoms with Gasteiger partial charge in [-0.3, -0.25) is 0 Å². The van der Waals surface area contributed by atoms with Crippen LogP contribution in [0.5, 0.6) is 0 Å². The Balaban J connectivity index is 1.83. The van der Waals surface area contributed by atoms with Gasteiger partial charge in [0.05, 0.1) is 0 Å². The van der Waals surface area contributed by atoms with E-state index in [0.717, 1.165) is 19.4 Å². The quantitative estimate of drug-likeness (QED) is 0.860. The number of nitrogens with zero attached hydrogens (tertiary/aromatic N) is 1. The molecule has 0 spiro atoms. The molecule has 0 amide bonds. The molecule has 20 heavy (non-hydrogen) atoms. The number of rotatable bonds is 6. The summed E-state index contributed by atoms with van der Waals surface area (Å²) >= 11 is 0.